The van der Waals surface area contributed by atoms with E-state index in [2.05, 4.69) is 25.1 Å². The van der Waals surface area contributed by atoms with Crippen LogP contribution >= 0.6 is 24.8 Å². The van der Waals surface area contributed by atoms with Crippen molar-refractivity contribution in [2.45, 2.75) is 31.8 Å². The molecule has 220 valence electrons. The van der Waals surface area contributed by atoms with E-state index in [4.69, 9.17) is 25.2 Å². The second kappa shape index (κ2) is 13.1. The van der Waals surface area contributed by atoms with Gasteiger partial charge < -0.3 is 35.2 Å². The van der Waals surface area contributed by atoms with Crippen molar-refractivity contribution in [1.82, 2.24) is 19.9 Å². The second-order valence-electron chi connectivity index (χ2n) is 10.1. The number of hydrogen-bond donors (Lipinski definition) is 2. The molecule has 3 aromatic heterocycles. The van der Waals surface area contributed by atoms with Crippen LogP contribution in [0, 0.1) is 0 Å². The predicted molar refractivity (Wildman–Crippen MR) is 163 cm³/mol. The summed E-state index contributed by atoms with van der Waals surface area (Å²) in [7, 11) is 0. The molecule has 3 aliphatic heterocycles. The zero-order valence-electron chi connectivity index (χ0n) is 22.8. The van der Waals surface area contributed by atoms with Crippen LogP contribution in [0.1, 0.15) is 36.2 Å². The number of hydrogen-bond acceptors (Lipinski definition) is 13. The van der Waals surface area contributed by atoms with Gasteiger partial charge in [0.2, 0.25) is 0 Å². The van der Waals surface area contributed by atoms with Crippen LogP contribution in [-0.2, 0) is 14.3 Å². The number of thiazole rings is 1. The van der Waals surface area contributed by atoms with Gasteiger partial charge in [0.1, 0.15) is 17.6 Å². The van der Waals surface area contributed by atoms with Gasteiger partial charge in [0.25, 0.3) is 5.91 Å². The molecule has 3 N–H and O–H groups in total. The van der Waals surface area contributed by atoms with Gasteiger partial charge in [0.15, 0.2) is 16.6 Å². The molecule has 6 rings (SSSR count). The van der Waals surface area contributed by atoms with Crippen molar-refractivity contribution < 1.29 is 19.1 Å². The third-order valence-electron chi connectivity index (χ3n) is 7.32. The SMILES string of the molecule is NCC(=O)O[C@H]1CCN(c2cncc(C(=O)Nc3cc4sc(N5CCOCC5)nc4nc3N3CCCCC3)n2)C1.S. The second-order valence-corrected chi connectivity index (χ2v) is 11.1. The summed E-state index contributed by atoms with van der Waals surface area (Å²) in [5.74, 6) is 0.491. The van der Waals surface area contributed by atoms with E-state index in [1.165, 1.54) is 12.6 Å². The Kier molecular flexibility index (Phi) is 9.37. The topological polar surface area (TPSA) is 152 Å². The van der Waals surface area contributed by atoms with Crippen molar-refractivity contribution in [3.8, 4) is 0 Å². The van der Waals surface area contributed by atoms with E-state index in [0.29, 0.717) is 49.9 Å². The number of carbonyl (C=O) groups excluding carboxylic acids is 2. The first-order valence-corrected chi connectivity index (χ1v) is 14.6. The molecule has 15 heteroatoms. The Balaban J connectivity index is 0.00000337. The maximum absolute atomic E-state index is 13.5. The highest BCUT2D eigenvalue weighted by molar-refractivity contribution is 7.59. The number of morpholine rings is 1. The van der Waals surface area contributed by atoms with Crippen LogP contribution < -0.4 is 25.8 Å². The predicted octanol–water partition coefficient (Wildman–Crippen LogP) is 1.75. The average Bonchev–Trinajstić information content (AvgIpc) is 3.64. The molecule has 0 bridgehead atoms. The molecule has 0 spiro atoms. The van der Waals surface area contributed by atoms with Crippen molar-refractivity contribution in [1.29, 1.82) is 0 Å². The van der Waals surface area contributed by atoms with Crippen LogP contribution in [0.4, 0.5) is 22.5 Å². The summed E-state index contributed by atoms with van der Waals surface area (Å²) >= 11 is 1.57. The number of nitrogens with zero attached hydrogens (tertiary/aromatic N) is 7. The number of pyridine rings is 1. The number of nitrogens with one attached hydrogen (secondary N) is 1. The molecular formula is C26H35N9O4S2. The van der Waals surface area contributed by atoms with E-state index >= 15 is 0 Å². The molecule has 0 radical (unpaired) electrons. The van der Waals surface area contributed by atoms with E-state index in [0.717, 1.165) is 54.7 Å². The van der Waals surface area contributed by atoms with Crippen LogP contribution in [0.2, 0.25) is 0 Å². The minimum absolute atomic E-state index is 0. The lowest BCUT2D eigenvalue weighted by molar-refractivity contribution is -0.146. The molecule has 0 saturated carbocycles. The Hall–Kier alpha value is -3.27. The molecular weight excluding hydrogens is 566 g/mol. The fraction of sp³-hybridized carbons (Fsp3) is 0.538. The van der Waals surface area contributed by atoms with E-state index in [1.807, 2.05) is 11.0 Å². The number of nitrogens with two attached hydrogens (primary N) is 1. The van der Waals surface area contributed by atoms with Crippen LogP contribution in [0.3, 0.4) is 0 Å². The molecule has 1 amide bonds. The molecule has 6 heterocycles. The lowest BCUT2D eigenvalue weighted by Crippen LogP contribution is -2.36. The molecule has 3 fully saturated rings. The lowest BCUT2D eigenvalue weighted by Gasteiger charge is -2.29. The summed E-state index contributed by atoms with van der Waals surface area (Å²) in [6.07, 6.45) is 6.81. The van der Waals surface area contributed by atoms with E-state index in [-0.39, 0.29) is 37.7 Å². The summed E-state index contributed by atoms with van der Waals surface area (Å²) < 4.78 is 11.8. The van der Waals surface area contributed by atoms with Crippen molar-refractivity contribution in [3.63, 3.8) is 0 Å². The minimum atomic E-state index is -0.431. The van der Waals surface area contributed by atoms with Crippen LogP contribution in [0.5, 0.6) is 0 Å². The first-order valence-electron chi connectivity index (χ1n) is 13.7. The molecule has 3 saturated heterocycles. The number of anilines is 4. The van der Waals surface area contributed by atoms with E-state index in [9.17, 15) is 9.59 Å². The van der Waals surface area contributed by atoms with Crippen molar-refractivity contribution in [2.24, 2.45) is 5.73 Å². The standard InChI is InChI=1S/C26H33N9O4S.H2S/c27-13-22(36)39-17-4-7-35(16-17)21-15-28-14-19(29-21)25(37)30-18-12-20-23(31-24(18)33-5-2-1-3-6-33)32-26(40-20)34-8-10-38-11-9-34;/h12,14-15,17H,1-11,13,16,27H2,(H,30,37);1H2/t17-;/m0./s1. The molecule has 3 aliphatic rings. The molecule has 1 atom stereocenters. The van der Waals surface area contributed by atoms with E-state index in [1.54, 1.807) is 17.5 Å². The van der Waals surface area contributed by atoms with Gasteiger partial charge in [0, 0.05) is 39.1 Å². The number of esters is 1. The molecule has 0 aliphatic carbocycles. The van der Waals surface area contributed by atoms with E-state index < -0.39 is 5.97 Å². The largest absolute Gasteiger partial charge is 0.459 e. The summed E-state index contributed by atoms with van der Waals surface area (Å²) in [6, 6.07) is 1.97. The Morgan fingerprint density at radius 3 is 2.61 bits per heavy atom. The summed E-state index contributed by atoms with van der Waals surface area (Å²) in [5.41, 5.74) is 6.89. The third kappa shape index (κ3) is 6.63. The number of carbonyl (C=O) groups is 2. The monoisotopic (exact) mass is 601 g/mol. The average molecular weight is 602 g/mol. The van der Waals surface area contributed by atoms with Crippen LogP contribution in [-0.4, -0.2) is 96.9 Å². The van der Waals surface area contributed by atoms with Gasteiger partial charge in [-0.15, -0.1) is 0 Å². The normalized spacial score (nSPS) is 19.2. The van der Waals surface area contributed by atoms with Gasteiger partial charge in [0.05, 0.1) is 49.1 Å². The van der Waals surface area contributed by atoms with Crippen molar-refractivity contribution >= 4 is 69.5 Å². The molecule has 3 aromatic rings. The van der Waals surface area contributed by atoms with Crippen LogP contribution in [0.15, 0.2) is 18.5 Å². The third-order valence-corrected chi connectivity index (χ3v) is 8.38. The number of aromatic nitrogens is 4. The number of rotatable bonds is 7. The van der Waals surface area contributed by atoms with Gasteiger partial charge in [-0.05, 0) is 25.3 Å². The molecule has 0 unspecified atom stereocenters. The fourth-order valence-corrected chi connectivity index (χ4v) is 6.24. The summed E-state index contributed by atoms with van der Waals surface area (Å²) in [4.78, 5) is 50.0. The highest BCUT2D eigenvalue weighted by Gasteiger charge is 2.28. The van der Waals surface area contributed by atoms with Gasteiger partial charge in [-0.2, -0.15) is 18.5 Å². The Labute approximate surface area is 248 Å². The first-order chi connectivity index (χ1) is 19.6. The number of piperidine rings is 1. The van der Waals surface area contributed by atoms with Gasteiger partial charge in [-0.3, -0.25) is 14.6 Å². The minimum Gasteiger partial charge on any atom is -0.459 e. The highest BCUT2D eigenvalue weighted by Crippen LogP contribution is 2.35. The smallest absolute Gasteiger partial charge is 0.320 e. The maximum atomic E-state index is 13.5. The van der Waals surface area contributed by atoms with Crippen LogP contribution in [0.25, 0.3) is 10.3 Å². The molecule has 41 heavy (non-hydrogen) atoms. The van der Waals surface area contributed by atoms with Gasteiger partial charge in [-0.25, -0.2) is 9.97 Å². The van der Waals surface area contributed by atoms with Gasteiger partial charge in [-0.1, -0.05) is 11.3 Å². The fourth-order valence-electron chi connectivity index (χ4n) is 5.24. The Morgan fingerprint density at radius 1 is 1.02 bits per heavy atom. The quantitative estimate of drug-likeness (QED) is 0.380. The Morgan fingerprint density at radius 2 is 1.83 bits per heavy atom. The number of ether oxygens (including phenoxy) is 2. The highest BCUT2D eigenvalue weighted by atomic mass is 32.1. The first kappa shape index (κ1) is 29.2. The number of amides is 1. The Bertz CT molecular complexity index is 1380. The summed E-state index contributed by atoms with van der Waals surface area (Å²) in [5, 5.41) is 3.98. The summed E-state index contributed by atoms with van der Waals surface area (Å²) in [6.45, 7) is 5.67. The van der Waals surface area contributed by atoms with Crippen molar-refractivity contribution in [2.75, 3.05) is 79.0 Å². The zero-order valence-corrected chi connectivity index (χ0v) is 24.6. The lowest BCUT2D eigenvalue weighted by atomic mass is 10.1. The molecule has 13 nitrogen and oxygen atoms in total. The zero-order chi connectivity index (χ0) is 27.5. The molecule has 0 aromatic carbocycles. The number of fused-ring (bicyclic) bond motifs is 1. The van der Waals surface area contributed by atoms with Gasteiger partial charge >= 0.3 is 5.97 Å². The maximum Gasteiger partial charge on any atom is 0.320 e. The van der Waals surface area contributed by atoms with Crippen molar-refractivity contribution in [3.05, 3.63) is 24.2 Å².